The van der Waals surface area contributed by atoms with Crippen molar-refractivity contribution >= 4 is 11.8 Å². The van der Waals surface area contributed by atoms with Crippen molar-refractivity contribution < 1.29 is 14.3 Å². The average molecular weight is 256 g/mol. The van der Waals surface area contributed by atoms with E-state index >= 15 is 0 Å². The number of hydrogen-bond acceptors (Lipinski definition) is 5. The molecule has 1 rings (SSSR count). The number of carbonyl (C=O) groups is 2. The summed E-state index contributed by atoms with van der Waals surface area (Å²) in [6.45, 7) is 6.43. The van der Waals surface area contributed by atoms with Gasteiger partial charge in [0.25, 0.3) is 0 Å². The fraction of sp³-hybridized carbons (Fsp3) is 0.846. The van der Waals surface area contributed by atoms with Crippen molar-refractivity contribution in [2.24, 2.45) is 5.92 Å². The van der Waals surface area contributed by atoms with Gasteiger partial charge in [-0.2, -0.15) is 0 Å². The molecule has 0 amide bonds. The molecule has 0 bridgehead atoms. The summed E-state index contributed by atoms with van der Waals surface area (Å²) < 4.78 is 4.77. The lowest BCUT2D eigenvalue weighted by atomic mass is 10.1. The van der Waals surface area contributed by atoms with E-state index in [0.29, 0.717) is 25.1 Å². The van der Waals surface area contributed by atoms with Crippen molar-refractivity contribution in [2.75, 3.05) is 40.3 Å². The second-order valence-corrected chi connectivity index (χ2v) is 5.22. The highest BCUT2D eigenvalue weighted by Gasteiger charge is 2.31. The van der Waals surface area contributed by atoms with E-state index in [9.17, 15) is 9.59 Å². The van der Waals surface area contributed by atoms with Gasteiger partial charge in [-0.1, -0.05) is 6.92 Å². The van der Waals surface area contributed by atoms with Gasteiger partial charge in [-0.3, -0.25) is 14.5 Å². The molecule has 0 aromatic carbocycles. The highest BCUT2D eigenvalue weighted by atomic mass is 16.5. The fourth-order valence-corrected chi connectivity index (χ4v) is 2.53. The molecule has 1 heterocycles. The van der Waals surface area contributed by atoms with Gasteiger partial charge in [0, 0.05) is 19.1 Å². The van der Waals surface area contributed by atoms with Gasteiger partial charge in [0.1, 0.15) is 6.42 Å². The molecule has 5 nitrogen and oxygen atoms in total. The second-order valence-electron chi connectivity index (χ2n) is 5.22. The van der Waals surface area contributed by atoms with Gasteiger partial charge in [0.2, 0.25) is 0 Å². The van der Waals surface area contributed by atoms with E-state index in [1.807, 2.05) is 0 Å². The van der Waals surface area contributed by atoms with Crippen LogP contribution < -0.4 is 0 Å². The Labute approximate surface area is 109 Å². The van der Waals surface area contributed by atoms with Gasteiger partial charge in [0.05, 0.1) is 13.2 Å². The smallest absolute Gasteiger partial charge is 0.313 e. The number of ether oxygens (including phenoxy) is 1. The van der Waals surface area contributed by atoms with Crippen LogP contribution in [-0.2, 0) is 14.3 Å². The molecule has 2 unspecified atom stereocenters. The zero-order valence-corrected chi connectivity index (χ0v) is 11.8. The first-order valence-corrected chi connectivity index (χ1v) is 6.50. The van der Waals surface area contributed by atoms with E-state index < -0.39 is 5.97 Å². The van der Waals surface area contributed by atoms with Crippen molar-refractivity contribution in [2.45, 2.75) is 26.3 Å². The quantitative estimate of drug-likeness (QED) is 0.508. The molecule has 0 aliphatic carbocycles. The summed E-state index contributed by atoms with van der Waals surface area (Å²) in [4.78, 5) is 27.2. The first-order valence-electron chi connectivity index (χ1n) is 6.50. The molecule has 2 atom stereocenters. The lowest BCUT2D eigenvalue weighted by molar-refractivity contribution is -0.145. The summed E-state index contributed by atoms with van der Waals surface area (Å²) in [5.41, 5.74) is 0. The van der Waals surface area contributed by atoms with Crippen LogP contribution in [0.1, 0.15) is 20.3 Å². The molecule has 104 valence electrons. The van der Waals surface area contributed by atoms with E-state index in [0.717, 1.165) is 13.1 Å². The number of likely N-dealkylation sites (tertiary alicyclic amines) is 1. The summed E-state index contributed by atoms with van der Waals surface area (Å²) in [7, 11) is 4.12. The van der Waals surface area contributed by atoms with Crippen molar-refractivity contribution in [3.05, 3.63) is 0 Å². The zero-order valence-electron chi connectivity index (χ0n) is 11.8. The summed E-state index contributed by atoms with van der Waals surface area (Å²) >= 11 is 0. The highest BCUT2D eigenvalue weighted by molar-refractivity contribution is 5.96. The molecule has 5 heteroatoms. The third kappa shape index (κ3) is 4.38. The SMILES string of the molecule is CCOC(=O)CC(=O)CN1CC(C)C(N(C)C)C1. The van der Waals surface area contributed by atoms with Crippen LogP contribution in [0.5, 0.6) is 0 Å². The zero-order chi connectivity index (χ0) is 13.7. The average Bonchev–Trinajstić information content (AvgIpc) is 2.59. The first kappa shape index (κ1) is 15.1. The molecule has 0 aromatic rings. The summed E-state index contributed by atoms with van der Waals surface area (Å²) in [6, 6.07) is 0.486. The molecular formula is C13H24N2O3. The summed E-state index contributed by atoms with van der Waals surface area (Å²) in [6.07, 6.45) is -0.106. The Morgan fingerprint density at radius 1 is 1.33 bits per heavy atom. The number of ketones is 1. The fourth-order valence-electron chi connectivity index (χ4n) is 2.53. The topological polar surface area (TPSA) is 49.9 Å². The van der Waals surface area contributed by atoms with Crippen LogP contribution in [0.2, 0.25) is 0 Å². The van der Waals surface area contributed by atoms with Crippen molar-refractivity contribution in [1.29, 1.82) is 0 Å². The molecule has 1 aliphatic rings. The van der Waals surface area contributed by atoms with Crippen LogP contribution in [0, 0.1) is 5.92 Å². The molecule has 0 N–H and O–H groups in total. The van der Waals surface area contributed by atoms with Gasteiger partial charge in [-0.25, -0.2) is 0 Å². The van der Waals surface area contributed by atoms with Gasteiger partial charge >= 0.3 is 5.97 Å². The highest BCUT2D eigenvalue weighted by Crippen LogP contribution is 2.19. The Morgan fingerprint density at radius 3 is 2.50 bits per heavy atom. The molecular weight excluding hydrogens is 232 g/mol. The molecule has 1 saturated heterocycles. The maximum atomic E-state index is 11.7. The van der Waals surface area contributed by atoms with E-state index in [4.69, 9.17) is 4.74 Å². The van der Waals surface area contributed by atoms with E-state index in [2.05, 4.69) is 30.8 Å². The van der Waals surface area contributed by atoms with Crippen LogP contribution in [-0.4, -0.2) is 67.9 Å². The number of likely N-dealkylation sites (N-methyl/N-ethyl adjacent to an activating group) is 1. The van der Waals surface area contributed by atoms with Crippen LogP contribution >= 0.6 is 0 Å². The molecule has 1 fully saturated rings. The molecule has 0 saturated carbocycles. The number of rotatable bonds is 6. The van der Waals surface area contributed by atoms with Gasteiger partial charge in [-0.15, -0.1) is 0 Å². The molecule has 0 radical (unpaired) electrons. The van der Waals surface area contributed by atoms with E-state index in [-0.39, 0.29) is 12.2 Å². The van der Waals surface area contributed by atoms with Crippen molar-refractivity contribution in [3.63, 3.8) is 0 Å². The number of Topliss-reactive ketones (excluding diaryl/α,β-unsaturated/α-hetero) is 1. The molecule has 0 spiro atoms. The normalized spacial score (nSPS) is 24.5. The van der Waals surface area contributed by atoms with Crippen LogP contribution in [0.15, 0.2) is 0 Å². The maximum absolute atomic E-state index is 11.7. The van der Waals surface area contributed by atoms with Gasteiger partial charge < -0.3 is 9.64 Å². The standard InChI is InChI=1S/C13H24N2O3/c1-5-18-13(17)6-11(16)8-15-7-10(2)12(9-15)14(3)4/h10,12H,5-9H2,1-4H3. The number of hydrogen-bond donors (Lipinski definition) is 0. The second kappa shape index (κ2) is 6.85. The van der Waals surface area contributed by atoms with Crippen LogP contribution in [0.3, 0.4) is 0 Å². The van der Waals surface area contributed by atoms with Crippen LogP contribution in [0.25, 0.3) is 0 Å². The Bertz CT molecular complexity index is 305. The Balaban J connectivity index is 2.36. The maximum Gasteiger partial charge on any atom is 0.313 e. The number of nitrogens with zero attached hydrogens (tertiary/aromatic N) is 2. The predicted octanol–water partition coefficient (Wildman–Crippen LogP) is 0.391. The van der Waals surface area contributed by atoms with E-state index in [1.165, 1.54) is 0 Å². The third-order valence-electron chi connectivity index (χ3n) is 3.36. The lowest BCUT2D eigenvalue weighted by Gasteiger charge is -2.22. The van der Waals surface area contributed by atoms with Crippen molar-refractivity contribution in [3.8, 4) is 0 Å². The first-order chi connectivity index (χ1) is 8.43. The third-order valence-corrected chi connectivity index (χ3v) is 3.36. The lowest BCUT2D eigenvalue weighted by Crippen LogP contribution is -2.35. The van der Waals surface area contributed by atoms with Gasteiger partial charge in [0.15, 0.2) is 5.78 Å². The predicted molar refractivity (Wildman–Crippen MR) is 69.3 cm³/mol. The Hall–Kier alpha value is -0.940. The van der Waals surface area contributed by atoms with E-state index in [1.54, 1.807) is 6.92 Å². The molecule has 1 aliphatic heterocycles. The summed E-state index contributed by atoms with van der Waals surface area (Å²) in [5, 5.41) is 0. The molecule has 0 aromatic heterocycles. The summed E-state index contributed by atoms with van der Waals surface area (Å²) in [5.74, 6) is 0.0781. The Kier molecular flexibility index (Phi) is 5.75. The number of carbonyl (C=O) groups excluding carboxylic acids is 2. The minimum Gasteiger partial charge on any atom is -0.466 e. The number of esters is 1. The van der Waals surface area contributed by atoms with Gasteiger partial charge in [-0.05, 0) is 26.9 Å². The minimum absolute atomic E-state index is 0.0555. The monoisotopic (exact) mass is 256 g/mol. The van der Waals surface area contributed by atoms with Crippen LogP contribution in [0.4, 0.5) is 0 Å². The largest absolute Gasteiger partial charge is 0.466 e. The Morgan fingerprint density at radius 2 is 2.00 bits per heavy atom. The van der Waals surface area contributed by atoms with Crippen molar-refractivity contribution in [1.82, 2.24) is 9.80 Å². The molecule has 18 heavy (non-hydrogen) atoms. The minimum atomic E-state index is -0.418.